The van der Waals surface area contributed by atoms with Gasteiger partial charge in [0.1, 0.15) is 11.3 Å². The summed E-state index contributed by atoms with van der Waals surface area (Å²) in [5.41, 5.74) is 9.27. The van der Waals surface area contributed by atoms with Crippen LogP contribution in [0, 0.1) is 0 Å². The number of hydrogen-bond acceptors (Lipinski definition) is 6. The van der Waals surface area contributed by atoms with Crippen molar-refractivity contribution < 1.29 is 4.79 Å². The first-order valence-corrected chi connectivity index (χ1v) is 11.7. The van der Waals surface area contributed by atoms with Gasteiger partial charge in [0.15, 0.2) is 11.4 Å². The molecule has 1 atom stereocenters. The molecule has 0 saturated carbocycles. The van der Waals surface area contributed by atoms with Crippen molar-refractivity contribution in [1.29, 1.82) is 0 Å². The number of pyridine rings is 1. The van der Waals surface area contributed by atoms with Crippen LogP contribution in [-0.2, 0) is 0 Å². The van der Waals surface area contributed by atoms with Crippen molar-refractivity contribution in [3.63, 3.8) is 0 Å². The van der Waals surface area contributed by atoms with Crippen molar-refractivity contribution in [1.82, 2.24) is 14.5 Å². The maximum Gasteiger partial charge on any atom is 0.209 e. The van der Waals surface area contributed by atoms with Crippen LogP contribution >= 0.6 is 0 Å². The summed E-state index contributed by atoms with van der Waals surface area (Å²) in [6.07, 6.45) is 4.60. The highest BCUT2D eigenvalue weighted by atomic mass is 16.1. The molecule has 32 heavy (non-hydrogen) atoms. The van der Waals surface area contributed by atoms with Gasteiger partial charge < -0.3 is 16.0 Å². The Hall–Kier alpha value is -2.93. The number of benzene rings is 1. The molecule has 0 saturated heterocycles. The molecule has 1 unspecified atom stereocenters. The van der Waals surface area contributed by atoms with Crippen molar-refractivity contribution >= 4 is 34.4 Å². The van der Waals surface area contributed by atoms with Gasteiger partial charge in [-0.25, -0.2) is 9.97 Å². The van der Waals surface area contributed by atoms with Crippen LogP contribution in [0.3, 0.4) is 0 Å². The van der Waals surface area contributed by atoms with Crippen LogP contribution in [0.2, 0.25) is 0 Å². The summed E-state index contributed by atoms with van der Waals surface area (Å²) >= 11 is 0. The second-order valence-electron chi connectivity index (χ2n) is 8.36. The number of unbranched alkanes of at least 4 members (excludes halogenated alkanes) is 2. The minimum Gasteiger partial charge on any atom is -0.357 e. The number of Topliss-reactive ketones (excluding diaryl/α,β-unsaturated/α-hetero) is 1. The fourth-order valence-electron chi connectivity index (χ4n) is 3.71. The zero-order chi connectivity index (χ0) is 23.1. The fraction of sp³-hybridized carbons (Fsp3) is 0.480. The monoisotopic (exact) mass is 436 g/mol. The molecule has 7 nitrogen and oxygen atoms in total. The molecule has 2 aromatic heterocycles. The van der Waals surface area contributed by atoms with E-state index >= 15 is 0 Å². The predicted molar refractivity (Wildman–Crippen MR) is 133 cm³/mol. The first-order valence-electron chi connectivity index (χ1n) is 11.7. The van der Waals surface area contributed by atoms with E-state index in [1.165, 1.54) is 0 Å². The standard InChI is InChI=1S/C25H36N6O/c1-5-7-15-30(16-8-6-2)23-14-13-22-24(29-23)31(18(3)17-26)25(28-22)27-21-11-9-20(10-12-21)19(4)32/h9-14,18H,5-8,15-17,26H2,1-4H3,(H,27,28). The number of imidazole rings is 1. The number of fused-ring (bicyclic) bond motifs is 1. The molecule has 0 bridgehead atoms. The van der Waals surface area contributed by atoms with E-state index in [-0.39, 0.29) is 11.8 Å². The average Bonchev–Trinajstić information content (AvgIpc) is 3.16. The van der Waals surface area contributed by atoms with Crippen molar-refractivity contribution in [2.45, 2.75) is 59.4 Å². The Morgan fingerprint density at radius 3 is 2.28 bits per heavy atom. The van der Waals surface area contributed by atoms with Gasteiger partial charge in [-0.15, -0.1) is 0 Å². The molecule has 0 spiro atoms. The molecule has 0 amide bonds. The third kappa shape index (κ3) is 5.46. The van der Waals surface area contributed by atoms with Crippen molar-refractivity contribution in [2.75, 3.05) is 29.9 Å². The molecule has 0 aliphatic carbocycles. The summed E-state index contributed by atoms with van der Waals surface area (Å²) in [7, 11) is 0. The second kappa shape index (κ2) is 11.1. The highest BCUT2D eigenvalue weighted by Gasteiger charge is 2.18. The number of nitrogens with zero attached hydrogens (tertiary/aromatic N) is 4. The van der Waals surface area contributed by atoms with Crippen LogP contribution in [0.4, 0.5) is 17.5 Å². The molecule has 0 aliphatic rings. The highest BCUT2D eigenvalue weighted by molar-refractivity contribution is 5.94. The molecule has 1 aromatic carbocycles. The first-order chi connectivity index (χ1) is 15.5. The number of anilines is 3. The maximum absolute atomic E-state index is 11.6. The molecular weight excluding hydrogens is 400 g/mol. The minimum atomic E-state index is 0.0291. The van der Waals surface area contributed by atoms with E-state index in [4.69, 9.17) is 15.7 Å². The van der Waals surface area contributed by atoms with E-state index in [9.17, 15) is 4.79 Å². The van der Waals surface area contributed by atoms with Gasteiger partial charge >= 0.3 is 0 Å². The lowest BCUT2D eigenvalue weighted by Crippen LogP contribution is -2.26. The lowest BCUT2D eigenvalue weighted by atomic mass is 10.1. The molecule has 3 rings (SSSR count). The number of rotatable bonds is 12. The summed E-state index contributed by atoms with van der Waals surface area (Å²) in [6, 6.07) is 11.6. The number of carbonyl (C=O) groups is 1. The van der Waals surface area contributed by atoms with Crippen LogP contribution < -0.4 is 16.0 Å². The van der Waals surface area contributed by atoms with E-state index in [0.29, 0.717) is 18.1 Å². The third-order valence-corrected chi connectivity index (χ3v) is 5.74. The molecule has 7 heteroatoms. The minimum absolute atomic E-state index is 0.0291. The molecule has 0 fully saturated rings. The molecular formula is C25H36N6O. The van der Waals surface area contributed by atoms with Gasteiger partial charge in [0.25, 0.3) is 0 Å². The maximum atomic E-state index is 11.6. The van der Waals surface area contributed by atoms with E-state index in [2.05, 4.69) is 41.6 Å². The van der Waals surface area contributed by atoms with Gasteiger partial charge in [0.2, 0.25) is 5.95 Å². The third-order valence-electron chi connectivity index (χ3n) is 5.74. The van der Waals surface area contributed by atoms with Crippen LogP contribution in [0.25, 0.3) is 11.2 Å². The van der Waals surface area contributed by atoms with E-state index in [0.717, 1.165) is 61.4 Å². The molecule has 3 aromatic rings. The van der Waals surface area contributed by atoms with Crippen molar-refractivity contribution in [3.05, 3.63) is 42.0 Å². The van der Waals surface area contributed by atoms with Crippen molar-refractivity contribution in [2.24, 2.45) is 5.73 Å². The average molecular weight is 437 g/mol. The van der Waals surface area contributed by atoms with Crippen LogP contribution in [0.1, 0.15) is 69.8 Å². The molecule has 172 valence electrons. The quantitative estimate of drug-likeness (QED) is 0.374. The number of ketones is 1. The molecule has 2 heterocycles. The Balaban J connectivity index is 1.99. The van der Waals surface area contributed by atoms with Gasteiger partial charge in [0.05, 0.1) is 0 Å². The lowest BCUT2D eigenvalue weighted by molar-refractivity contribution is 0.101. The van der Waals surface area contributed by atoms with Gasteiger partial charge in [-0.2, -0.15) is 0 Å². The number of nitrogens with two attached hydrogens (primary N) is 1. The number of nitrogens with one attached hydrogen (secondary N) is 1. The summed E-state index contributed by atoms with van der Waals surface area (Å²) in [5.74, 6) is 1.74. The van der Waals surface area contributed by atoms with Crippen LogP contribution in [0.5, 0.6) is 0 Å². The van der Waals surface area contributed by atoms with Gasteiger partial charge in [-0.1, -0.05) is 26.7 Å². The molecule has 0 aliphatic heterocycles. The van der Waals surface area contributed by atoms with Gasteiger partial charge in [-0.3, -0.25) is 9.36 Å². The van der Waals surface area contributed by atoms with Crippen molar-refractivity contribution in [3.8, 4) is 0 Å². The second-order valence-corrected chi connectivity index (χ2v) is 8.36. The summed E-state index contributed by atoms with van der Waals surface area (Å²) in [6.45, 7) is 10.6. The van der Waals surface area contributed by atoms with Crippen LogP contribution in [0.15, 0.2) is 36.4 Å². The Kier molecular flexibility index (Phi) is 8.22. The molecule has 0 radical (unpaired) electrons. The Morgan fingerprint density at radius 1 is 1.06 bits per heavy atom. The Bertz CT molecular complexity index is 1020. The summed E-state index contributed by atoms with van der Waals surface area (Å²) in [4.78, 5) is 23.8. The topological polar surface area (TPSA) is 89.1 Å². The smallest absolute Gasteiger partial charge is 0.209 e. The number of carbonyl (C=O) groups excluding carboxylic acids is 1. The van der Waals surface area contributed by atoms with E-state index in [1.54, 1.807) is 6.92 Å². The number of hydrogen-bond donors (Lipinski definition) is 2. The zero-order valence-corrected chi connectivity index (χ0v) is 19.8. The van der Waals surface area contributed by atoms with E-state index in [1.807, 2.05) is 30.3 Å². The van der Waals surface area contributed by atoms with Gasteiger partial charge in [-0.05, 0) is 63.1 Å². The number of aromatic nitrogens is 3. The zero-order valence-electron chi connectivity index (χ0n) is 19.8. The normalized spacial score (nSPS) is 12.2. The summed E-state index contributed by atoms with van der Waals surface area (Å²) < 4.78 is 2.08. The van der Waals surface area contributed by atoms with E-state index < -0.39 is 0 Å². The Labute approximate surface area is 191 Å². The predicted octanol–water partition coefficient (Wildman–Crippen LogP) is 5.30. The lowest BCUT2D eigenvalue weighted by Gasteiger charge is -2.24. The SMILES string of the molecule is CCCCN(CCCC)c1ccc2nc(Nc3ccc(C(C)=O)cc3)n(C(C)CN)c2n1. The van der Waals surface area contributed by atoms with Crippen LogP contribution in [-0.4, -0.2) is 40.0 Å². The fourth-order valence-corrected chi connectivity index (χ4v) is 3.71. The molecule has 3 N–H and O–H groups in total. The highest BCUT2D eigenvalue weighted by Crippen LogP contribution is 2.28. The largest absolute Gasteiger partial charge is 0.357 e. The first kappa shape index (κ1) is 23.7. The summed E-state index contributed by atoms with van der Waals surface area (Å²) in [5, 5.41) is 3.39. The van der Waals surface area contributed by atoms with Gasteiger partial charge in [0, 0.05) is 36.9 Å². The Morgan fingerprint density at radius 2 is 1.72 bits per heavy atom.